The van der Waals surface area contributed by atoms with Crippen LogP contribution in [0.15, 0.2) is 53.3 Å². The summed E-state index contributed by atoms with van der Waals surface area (Å²) < 4.78 is 31.3. The number of benzene rings is 2. The first-order valence-electron chi connectivity index (χ1n) is 12.5. The van der Waals surface area contributed by atoms with Crippen molar-refractivity contribution in [2.24, 2.45) is 0 Å². The Bertz CT molecular complexity index is 1490. The van der Waals surface area contributed by atoms with Crippen molar-refractivity contribution < 1.29 is 23.1 Å². The zero-order chi connectivity index (χ0) is 27.5. The number of ether oxygens (including phenoxy) is 2. The number of hydrogen-bond donors (Lipinski definition) is 2. The van der Waals surface area contributed by atoms with Crippen LogP contribution in [0.3, 0.4) is 0 Å². The fraction of sp³-hybridized carbons (Fsp3) is 0.286. The van der Waals surface area contributed by atoms with Crippen molar-refractivity contribution in [1.82, 2.24) is 15.2 Å². The zero-order valence-corrected chi connectivity index (χ0v) is 22.7. The maximum absolute atomic E-state index is 14.1. The molecule has 5 rings (SSSR count). The highest BCUT2D eigenvalue weighted by molar-refractivity contribution is 6.36. The Morgan fingerprint density at radius 2 is 1.95 bits per heavy atom. The lowest BCUT2D eigenvalue weighted by Crippen LogP contribution is -2.41. The highest BCUT2D eigenvalue weighted by Crippen LogP contribution is 2.41. The van der Waals surface area contributed by atoms with Crippen molar-refractivity contribution in [2.75, 3.05) is 45.1 Å². The fourth-order valence-corrected chi connectivity index (χ4v) is 5.20. The van der Waals surface area contributed by atoms with Crippen LogP contribution in [-0.4, -0.2) is 55.2 Å². The van der Waals surface area contributed by atoms with Gasteiger partial charge in [-0.1, -0.05) is 35.3 Å². The maximum Gasteiger partial charge on any atom is 0.251 e. The number of carbonyl (C=O) groups is 1. The number of rotatable bonds is 8. The van der Waals surface area contributed by atoms with E-state index in [2.05, 4.69) is 15.2 Å². The van der Waals surface area contributed by atoms with Gasteiger partial charge in [-0.25, -0.2) is 9.37 Å². The van der Waals surface area contributed by atoms with Gasteiger partial charge in [-0.3, -0.25) is 9.69 Å². The first-order chi connectivity index (χ1) is 18.8. The number of furan rings is 1. The number of nitrogens with two attached hydrogens (primary N) is 1. The molecule has 11 heteroatoms. The summed E-state index contributed by atoms with van der Waals surface area (Å²) in [7, 11) is 0. The summed E-state index contributed by atoms with van der Waals surface area (Å²) in [5.41, 5.74) is 8.90. The van der Waals surface area contributed by atoms with Crippen LogP contribution in [0.25, 0.3) is 22.1 Å². The molecule has 1 aliphatic rings. The van der Waals surface area contributed by atoms with E-state index in [0.717, 1.165) is 44.0 Å². The van der Waals surface area contributed by atoms with Crippen LogP contribution in [0, 0.1) is 5.82 Å². The molecule has 1 unspecified atom stereocenters. The number of morpholine rings is 1. The number of halogens is 3. The van der Waals surface area contributed by atoms with Crippen LogP contribution in [0.2, 0.25) is 10.0 Å². The number of aromatic nitrogens is 1. The normalized spacial score (nSPS) is 14.9. The van der Waals surface area contributed by atoms with Crippen molar-refractivity contribution in [3.8, 4) is 16.9 Å². The summed E-state index contributed by atoms with van der Waals surface area (Å²) in [5, 5.41) is 3.76. The zero-order valence-electron chi connectivity index (χ0n) is 21.2. The van der Waals surface area contributed by atoms with Gasteiger partial charge in [-0.05, 0) is 36.8 Å². The van der Waals surface area contributed by atoms with Crippen LogP contribution in [0.5, 0.6) is 5.75 Å². The second-order valence-electron chi connectivity index (χ2n) is 9.17. The van der Waals surface area contributed by atoms with Gasteiger partial charge in [0.05, 0.1) is 29.9 Å². The van der Waals surface area contributed by atoms with Crippen LogP contribution in [0.4, 0.5) is 10.2 Å². The first kappa shape index (κ1) is 27.2. The molecule has 1 amide bonds. The maximum atomic E-state index is 14.1. The Hall–Kier alpha value is -3.37. The number of pyridine rings is 1. The quantitative estimate of drug-likeness (QED) is 0.260. The lowest BCUT2D eigenvalue weighted by Gasteiger charge is -2.26. The number of hydrogen-bond acceptors (Lipinski definition) is 7. The summed E-state index contributed by atoms with van der Waals surface area (Å²) in [6.07, 6.45) is 2.42. The third-order valence-electron chi connectivity index (χ3n) is 6.66. The molecule has 0 bridgehead atoms. The van der Waals surface area contributed by atoms with Gasteiger partial charge in [-0.15, -0.1) is 0 Å². The number of nitrogens with zero attached hydrogens (tertiary/aromatic N) is 2. The van der Waals surface area contributed by atoms with Gasteiger partial charge in [0.25, 0.3) is 5.91 Å². The van der Waals surface area contributed by atoms with Gasteiger partial charge in [0, 0.05) is 54.1 Å². The predicted octanol–water partition coefficient (Wildman–Crippen LogP) is 5.72. The van der Waals surface area contributed by atoms with E-state index in [4.69, 9.17) is 42.8 Å². The summed E-state index contributed by atoms with van der Waals surface area (Å²) in [4.78, 5) is 19.1. The van der Waals surface area contributed by atoms with Crippen molar-refractivity contribution in [3.63, 3.8) is 0 Å². The summed E-state index contributed by atoms with van der Waals surface area (Å²) in [6.45, 7) is 6.23. The van der Waals surface area contributed by atoms with E-state index in [1.807, 2.05) is 12.1 Å². The molecule has 3 N–H and O–H groups in total. The molecular weight excluding hydrogens is 546 g/mol. The number of nitrogen functional groups attached to an aromatic ring is 1. The Morgan fingerprint density at radius 1 is 1.21 bits per heavy atom. The summed E-state index contributed by atoms with van der Waals surface area (Å²) in [6, 6.07) is 9.81. The predicted molar refractivity (Wildman–Crippen MR) is 149 cm³/mol. The fourth-order valence-electron chi connectivity index (χ4n) is 4.52. The van der Waals surface area contributed by atoms with Crippen LogP contribution in [-0.2, 0) is 4.74 Å². The molecule has 1 saturated heterocycles. The van der Waals surface area contributed by atoms with E-state index < -0.39 is 11.9 Å². The molecule has 2 aromatic carbocycles. The lowest BCUT2D eigenvalue weighted by atomic mass is 10.0. The molecule has 0 radical (unpaired) electrons. The lowest BCUT2D eigenvalue weighted by molar-refractivity contribution is 0.0383. The van der Waals surface area contributed by atoms with Gasteiger partial charge in [0.1, 0.15) is 11.9 Å². The second kappa shape index (κ2) is 11.8. The molecule has 1 aliphatic heterocycles. The molecular formula is C28H27Cl2FN4O4. The molecule has 0 spiro atoms. The third-order valence-corrected chi connectivity index (χ3v) is 7.37. The van der Waals surface area contributed by atoms with Gasteiger partial charge >= 0.3 is 0 Å². The van der Waals surface area contributed by atoms with Crippen molar-refractivity contribution >= 4 is 45.9 Å². The molecule has 0 aliphatic carbocycles. The van der Waals surface area contributed by atoms with Gasteiger partial charge in [0.2, 0.25) is 5.75 Å². The Morgan fingerprint density at radius 3 is 2.69 bits per heavy atom. The second-order valence-corrected chi connectivity index (χ2v) is 9.95. The minimum absolute atomic E-state index is 0.1000. The van der Waals surface area contributed by atoms with Gasteiger partial charge in [-0.2, -0.15) is 0 Å². The number of anilines is 1. The molecule has 1 fully saturated rings. The summed E-state index contributed by atoms with van der Waals surface area (Å²) >= 11 is 12.4. The number of amides is 1. The summed E-state index contributed by atoms with van der Waals surface area (Å²) in [5.74, 6) is -0.451. The molecule has 2 aromatic heterocycles. The van der Waals surface area contributed by atoms with E-state index in [-0.39, 0.29) is 27.5 Å². The van der Waals surface area contributed by atoms with Gasteiger partial charge < -0.3 is 24.9 Å². The third kappa shape index (κ3) is 5.81. The standard InChI is InChI=1S/C28H27Cl2FN4O4/c1-16(23-21(29)6-7-22(31)24(23)30)39-26-25-19(14-34-27(26)32)20(15-38-25)17-2-4-18(5-3-17)28(36)33-8-9-35-10-12-37-13-11-35/h2-7,14-16H,8-13H2,1H3,(H2,32,34)(H,33,36). The smallest absolute Gasteiger partial charge is 0.251 e. The first-order valence-corrected chi connectivity index (χ1v) is 13.2. The average molecular weight is 573 g/mol. The molecule has 4 aromatic rings. The Kier molecular flexibility index (Phi) is 8.23. The number of carbonyl (C=O) groups excluding carboxylic acids is 1. The molecule has 0 saturated carbocycles. The van der Waals surface area contributed by atoms with E-state index in [1.165, 1.54) is 12.1 Å². The minimum atomic E-state index is -0.745. The van der Waals surface area contributed by atoms with Crippen LogP contribution in [0.1, 0.15) is 28.9 Å². The Labute approximate surface area is 234 Å². The van der Waals surface area contributed by atoms with E-state index in [9.17, 15) is 9.18 Å². The monoisotopic (exact) mass is 572 g/mol. The molecule has 3 heterocycles. The van der Waals surface area contributed by atoms with E-state index in [1.54, 1.807) is 31.5 Å². The highest BCUT2D eigenvalue weighted by Gasteiger charge is 2.23. The molecule has 1 atom stereocenters. The molecule has 8 nitrogen and oxygen atoms in total. The van der Waals surface area contributed by atoms with E-state index >= 15 is 0 Å². The largest absolute Gasteiger partial charge is 0.478 e. The van der Waals surface area contributed by atoms with Crippen molar-refractivity contribution in [3.05, 3.63) is 75.8 Å². The number of nitrogens with one attached hydrogen (secondary N) is 1. The van der Waals surface area contributed by atoms with Gasteiger partial charge in [0.15, 0.2) is 11.4 Å². The van der Waals surface area contributed by atoms with Crippen molar-refractivity contribution in [2.45, 2.75) is 13.0 Å². The molecule has 204 valence electrons. The van der Waals surface area contributed by atoms with Crippen LogP contribution >= 0.6 is 23.2 Å². The Balaban J connectivity index is 1.32. The number of fused-ring (bicyclic) bond motifs is 1. The molecule has 39 heavy (non-hydrogen) atoms. The minimum Gasteiger partial charge on any atom is -0.478 e. The van der Waals surface area contributed by atoms with E-state index in [0.29, 0.717) is 28.6 Å². The van der Waals surface area contributed by atoms with Crippen LogP contribution < -0.4 is 15.8 Å². The van der Waals surface area contributed by atoms with Crippen molar-refractivity contribution in [1.29, 1.82) is 0 Å². The average Bonchev–Trinajstić information content (AvgIpc) is 3.37. The SMILES string of the molecule is CC(Oc1c(N)ncc2c(-c3ccc(C(=O)NCCN4CCOCC4)cc3)coc12)c1c(Cl)ccc(F)c1Cl. The topological polar surface area (TPSA) is 103 Å². The highest BCUT2D eigenvalue weighted by atomic mass is 35.5.